The van der Waals surface area contributed by atoms with E-state index in [1.165, 1.54) is 11.6 Å². The summed E-state index contributed by atoms with van der Waals surface area (Å²) in [7, 11) is 0. The van der Waals surface area contributed by atoms with E-state index in [9.17, 15) is 10.1 Å². The number of aryl methyl sites for hydroxylation is 1. The normalized spacial score (nSPS) is 10.4. The number of rotatable bonds is 7. The van der Waals surface area contributed by atoms with Gasteiger partial charge in [0.15, 0.2) is 5.82 Å². The predicted molar refractivity (Wildman–Crippen MR) is 81.1 cm³/mol. The third-order valence-corrected chi connectivity index (χ3v) is 3.80. The molecule has 2 rings (SSSR count). The van der Waals surface area contributed by atoms with Gasteiger partial charge < -0.3 is 10.3 Å². The molecule has 106 valence electrons. The van der Waals surface area contributed by atoms with E-state index < -0.39 is 4.92 Å². The fraction of sp³-hybridized carbons (Fsp3) is 0.308. The van der Waals surface area contributed by atoms with Crippen LogP contribution in [0.4, 0.5) is 11.5 Å². The van der Waals surface area contributed by atoms with Gasteiger partial charge in [0, 0.05) is 36.5 Å². The molecule has 0 radical (unpaired) electrons. The number of thioether (sulfide) groups is 1. The second-order valence-electron chi connectivity index (χ2n) is 4.24. The number of H-pyrrole nitrogens is 1. The lowest BCUT2D eigenvalue weighted by molar-refractivity contribution is -0.383. The van der Waals surface area contributed by atoms with Gasteiger partial charge in [-0.25, -0.2) is 0 Å². The van der Waals surface area contributed by atoms with Gasteiger partial charge >= 0.3 is 5.69 Å². The van der Waals surface area contributed by atoms with Crippen LogP contribution in [0.25, 0.3) is 0 Å². The average molecular weight is 292 g/mol. The minimum Gasteiger partial charge on any atom is -0.365 e. The monoisotopic (exact) mass is 292 g/mol. The average Bonchev–Trinajstić information content (AvgIpc) is 2.89. The summed E-state index contributed by atoms with van der Waals surface area (Å²) in [5.74, 6) is 2.16. The number of hydrogen-bond acceptors (Lipinski definition) is 5. The lowest BCUT2D eigenvalue weighted by Crippen LogP contribution is -2.06. The zero-order valence-corrected chi connectivity index (χ0v) is 11.9. The van der Waals surface area contributed by atoms with Gasteiger partial charge in [-0.15, -0.1) is 0 Å². The lowest BCUT2D eigenvalue weighted by atomic mass is 10.2. The van der Waals surface area contributed by atoms with Gasteiger partial charge in [-0.05, 0) is 18.6 Å². The van der Waals surface area contributed by atoms with E-state index in [1.807, 2.05) is 19.1 Å². The first-order valence-corrected chi connectivity index (χ1v) is 7.38. The summed E-state index contributed by atoms with van der Waals surface area (Å²) >= 11 is 1.75. The second-order valence-corrected chi connectivity index (χ2v) is 5.35. The molecule has 0 aliphatic carbocycles. The molecule has 6 nitrogen and oxygen atoms in total. The Labute approximate surface area is 121 Å². The summed E-state index contributed by atoms with van der Waals surface area (Å²) in [4.78, 5) is 17.5. The summed E-state index contributed by atoms with van der Waals surface area (Å²) in [6.07, 6.45) is 3.36. The number of nitrogens with one attached hydrogen (secondary N) is 2. The van der Waals surface area contributed by atoms with Gasteiger partial charge in [0.1, 0.15) is 0 Å². The molecule has 0 aromatic carbocycles. The van der Waals surface area contributed by atoms with E-state index in [0.717, 1.165) is 17.2 Å². The highest BCUT2D eigenvalue weighted by Gasteiger charge is 2.13. The predicted octanol–water partition coefficient (Wildman–Crippen LogP) is 2.97. The largest absolute Gasteiger partial charge is 0.365 e. The number of nitrogens with zero attached hydrogens (tertiary/aromatic N) is 2. The fourth-order valence-electron chi connectivity index (χ4n) is 1.74. The summed E-state index contributed by atoms with van der Waals surface area (Å²) in [6, 6.07) is 5.42. The standard InChI is InChI=1S/C13H16N4O2S/c1-10-3-2-5-14-11(10)9-20-8-7-16-13-12(17(18)19)4-6-15-13/h2-6,15-16H,7-9H2,1H3. The molecular weight excluding hydrogens is 276 g/mol. The molecular formula is C13H16N4O2S. The van der Waals surface area contributed by atoms with Crippen molar-refractivity contribution in [1.29, 1.82) is 0 Å². The van der Waals surface area contributed by atoms with Gasteiger partial charge in [0.2, 0.25) is 0 Å². The fourth-order valence-corrected chi connectivity index (χ4v) is 2.63. The van der Waals surface area contributed by atoms with E-state index in [-0.39, 0.29) is 5.69 Å². The zero-order valence-electron chi connectivity index (χ0n) is 11.1. The highest BCUT2D eigenvalue weighted by Crippen LogP contribution is 2.21. The van der Waals surface area contributed by atoms with E-state index in [2.05, 4.69) is 15.3 Å². The Kier molecular flexibility index (Phi) is 5.00. The molecule has 2 N–H and O–H groups in total. The van der Waals surface area contributed by atoms with Crippen molar-refractivity contribution in [2.24, 2.45) is 0 Å². The zero-order chi connectivity index (χ0) is 14.4. The van der Waals surface area contributed by atoms with Crippen molar-refractivity contribution in [2.75, 3.05) is 17.6 Å². The highest BCUT2D eigenvalue weighted by molar-refractivity contribution is 7.98. The molecule has 0 saturated heterocycles. The lowest BCUT2D eigenvalue weighted by Gasteiger charge is -2.05. The van der Waals surface area contributed by atoms with Crippen LogP contribution >= 0.6 is 11.8 Å². The molecule has 0 amide bonds. The van der Waals surface area contributed by atoms with Gasteiger partial charge in [-0.2, -0.15) is 11.8 Å². The smallest absolute Gasteiger partial charge is 0.310 e. The molecule has 0 bridgehead atoms. The van der Waals surface area contributed by atoms with E-state index in [4.69, 9.17) is 0 Å². The van der Waals surface area contributed by atoms with Crippen LogP contribution in [0.2, 0.25) is 0 Å². The third-order valence-electron chi connectivity index (χ3n) is 2.83. The van der Waals surface area contributed by atoms with Crippen molar-refractivity contribution in [3.8, 4) is 0 Å². The van der Waals surface area contributed by atoms with Crippen LogP contribution in [-0.4, -0.2) is 27.2 Å². The number of aromatic amines is 1. The van der Waals surface area contributed by atoms with Crippen molar-refractivity contribution < 1.29 is 4.92 Å². The maximum Gasteiger partial charge on any atom is 0.310 e. The van der Waals surface area contributed by atoms with Crippen LogP contribution in [-0.2, 0) is 5.75 Å². The van der Waals surface area contributed by atoms with Crippen molar-refractivity contribution in [1.82, 2.24) is 9.97 Å². The van der Waals surface area contributed by atoms with Crippen LogP contribution in [0.5, 0.6) is 0 Å². The Morgan fingerprint density at radius 3 is 3.10 bits per heavy atom. The molecule has 0 saturated carbocycles. The van der Waals surface area contributed by atoms with Gasteiger partial charge in [0.25, 0.3) is 0 Å². The summed E-state index contributed by atoms with van der Waals surface area (Å²) in [5.41, 5.74) is 2.35. The Morgan fingerprint density at radius 1 is 1.50 bits per heavy atom. The van der Waals surface area contributed by atoms with Crippen molar-refractivity contribution in [3.05, 3.63) is 52.0 Å². The molecule has 20 heavy (non-hydrogen) atoms. The minimum atomic E-state index is -0.400. The van der Waals surface area contributed by atoms with Crippen molar-refractivity contribution in [3.63, 3.8) is 0 Å². The first-order valence-electron chi connectivity index (χ1n) is 6.22. The summed E-state index contributed by atoms with van der Waals surface area (Å²) in [5, 5.41) is 13.8. The quantitative estimate of drug-likeness (QED) is 0.465. The molecule has 0 spiro atoms. The van der Waals surface area contributed by atoms with Crippen molar-refractivity contribution >= 4 is 23.3 Å². The third kappa shape index (κ3) is 3.74. The number of hydrogen-bond donors (Lipinski definition) is 2. The number of anilines is 1. The molecule has 2 aromatic rings. The van der Waals surface area contributed by atoms with E-state index in [1.54, 1.807) is 24.2 Å². The molecule has 0 atom stereocenters. The molecule has 0 unspecified atom stereocenters. The van der Waals surface area contributed by atoms with E-state index in [0.29, 0.717) is 12.4 Å². The number of nitro groups is 1. The second kappa shape index (κ2) is 6.95. The molecule has 0 aliphatic rings. The summed E-state index contributed by atoms with van der Waals surface area (Å²) in [6.45, 7) is 2.71. The van der Waals surface area contributed by atoms with Gasteiger partial charge in [0.05, 0.1) is 10.6 Å². The van der Waals surface area contributed by atoms with Crippen LogP contribution in [0.15, 0.2) is 30.6 Å². The van der Waals surface area contributed by atoms with Crippen LogP contribution in [0, 0.1) is 17.0 Å². The molecule has 2 heterocycles. The van der Waals surface area contributed by atoms with Gasteiger partial charge in [-0.3, -0.25) is 15.1 Å². The minimum absolute atomic E-state index is 0.0792. The molecule has 0 fully saturated rings. The summed E-state index contributed by atoms with van der Waals surface area (Å²) < 4.78 is 0. The maximum atomic E-state index is 10.7. The topological polar surface area (TPSA) is 83.8 Å². The molecule has 7 heteroatoms. The Morgan fingerprint density at radius 2 is 2.35 bits per heavy atom. The first-order chi connectivity index (χ1) is 9.68. The molecule has 0 aliphatic heterocycles. The highest BCUT2D eigenvalue weighted by atomic mass is 32.2. The van der Waals surface area contributed by atoms with Crippen molar-refractivity contribution in [2.45, 2.75) is 12.7 Å². The Bertz CT molecular complexity index is 585. The number of pyridine rings is 1. The maximum absolute atomic E-state index is 10.7. The SMILES string of the molecule is Cc1cccnc1CSCCNc1[nH]ccc1[N+](=O)[O-]. The Hall–Kier alpha value is -2.02. The van der Waals surface area contributed by atoms with E-state index >= 15 is 0 Å². The molecule has 2 aromatic heterocycles. The van der Waals surface area contributed by atoms with Gasteiger partial charge in [-0.1, -0.05) is 6.07 Å². The van der Waals surface area contributed by atoms with Crippen LogP contribution < -0.4 is 5.32 Å². The Balaban J connectivity index is 1.73. The number of aromatic nitrogens is 2. The first kappa shape index (κ1) is 14.4. The van der Waals surface area contributed by atoms with Crippen LogP contribution in [0.1, 0.15) is 11.3 Å². The van der Waals surface area contributed by atoms with Crippen LogP contribution in [0.3, 0.4) is 0 Å².